The predicted octanol–water partition coefficient (Wildman–Crippen LogP) is 2.43. The van der Waals surface area contributed by atoms with Gasteiger partial charge in [0.05, 0.1) is 13.2 Å². The maximum Gasteiger partial charge on any atom is 0.223 e. The third-order valence-corrected chi connectivity index (χ3v) is 5.01. The molecule has 1 amide bonds. The number of nitrogens with zero attached hydrogens (tertiary/aromatic N) is 1. The van der Waals surface area contributed by atoms with E-state index < -0.39 is 0 Å². The molecule has 1 aliphatic heterocycles. The molecule has 0 spiro atoms. The van der Waals surface area contributed by atoms with Crippen LogP contribution in [0.3, 0.4) is 0 Å². The van der Waals surface area contributed by atoms with E-state index in [-0.39, 0.29) is 11.8 Å². The second-order valence-electron chi connectivity index (χ2n) is 6.60. The van der Waals surface area contributed by atoms with Crippen LogP contribution in [0.1, 0.15) is 51.9 Å². The monoisotopic (exact) mass is 296 g/mol. The minimum absolute atomic E-state index is 0.271. The van der Waals surface area contributed by atoms with Gasteiger partial charge in [-0.2, -0.15) is 0 Å². The largest absolute Gasteiger partial charge is 0.379 e. The first-order chi connectivity index (χ1) is 10.3. The normalized spacial score (nSPS) is 27.5. The van der Waals surface area contributed by atoms with E-state index in [4.69, 9.17) is 4.74 Å². The second kappa shape index (κ2) is 9.42. The number of ether oxygens (including phenoxy) is 1. The number of carbonyl (C=O) groups is 1. The van der Waals surface area contributed by atoms with Crippen molar-refractivity contribution in [2.45, 2.75) is 51.9 Å². The van der Waals surface area contributed by atoms with Crippen LogP contribution in [0.15, 0.2) is 0 Å². The van der Waals surface area contributed by atoms with Gasteiger partial charge < -0.3 is 10.1 Å². The van der Waals surface area contributed by atoms with Crippen LogP contribution >= 0.6 is 0 Å². The molecule has 4 nitrogen and oxygen atoms in total. The molecule has 0 aromatic rings. The van der Waals surface area contributed by atoms with Crippen LogP contribution in [0, 0.1) is 11.8 Å². The predicted molar refractivity (Wildman–Crippen MR) is 85.2 cm³/mol. The van der Waals surface area contributed by atoms with E-state index in [1.165, 1.54) is 32.1 Å². The Kier molecular flexibility index (Phi) is 7.51. The number of amides is 1. The SMILES string of the molecule is CCCCC1CCC(C(=O)NCCN2CCOCC2)CC1. The number of rotatable bonds is 7. The Morgan fingerprint density at radius 3 is 2.57 bits per heavy atom. The molecule has 1 saturated carbocycles. The van der Waals surface area contributed by atoms with Crippen molar-refractivity contribution in [3.05, 3.63) is 0 Å². The fraction of sp³-hybridized carbons (Fsp3) is 0.941. The van der Waals surface area contributed by atoms with Gasteiger partial charge >= 0.3 is 0 Å². The van der Waals surface area contributed by atoms with Crippen LogP contribution in [-0.4, -0.2) is 50.2 Å². The van der Waals surface area contributed by atoms with Crippen molar-refractivity contribution in [3.8, 4) is 0 Å². The van der Waals surface area contributed by atoms with Crippen LogP contribution in [0.4, 0.5) is 0 Å². The summed E-state index contributed by atoms with van der Waals surface area (Å²) in [6, 6.07) is 0. The van der Waals surface area contributed by atoms with Gasteiger partial charge in [-0.1, -0.05) is 26.2 Å². The Morgan fingerprint density at radius 2 is 1.90 bits per heavy atom. The van der Waals surface area contributed by atoms with E-state index in [9.17, 15) is 4.79 Å². The molecular weight excluding hydrogens is 264 g/mol. The van der Waals surface area contributed by atoms with E-state index in [0.717, 1.165) is 58.2 Å². The van der Waals surface area contributed by atoms with Gasteiger partial charge in [0.25, 0.3) is 0 Å². The molecule has 0 aromatic carbocycles. The molecule has 21 heavy (non-hydrogen) atoms. The van der Waals surface area contributed by atoms with Crippen LogP contribution in [-0.2, 0) is 9.53 Å². The highest BCUT2D eigenvalue weighted by molar-refractivity contribution is 5.78. The Balaban J connectivity index is 1.56. The number of morpholine rings is 1. The quantitative estimate of drug-likeness (QED) is 0.784. The smallest absolute Gasteiger partial charge is 0.223 e. The summed E-state index contributed by atoms with van der Waals surface area (Å²) in [6.07, 6.45) is 8.70. The number of hydrogen-bond acceptors (Lipinski definition) is 3. The molecule has 2 aliphatic rings. The number of carbonyl (C=O) groups excluding carboxylic acids is 1. The highest BCUT2D eigenvalue weighted by atomic mass is 16.5. The summed E-state index contributed by atoms with van der Waals surface area (Å²) >= 11 is 0. The van der Waals surface area contributed by atoms with E-state index in [0.29, 0.717) is 0 Å². The van der Waals surface area contributed by atoms with Crippen LogP contribution in [0.25, 0.3) is 0 Å². The Morgan fingerprint density at radius 1 is 1.19 bits per heavy atom. The molecule has 1 saturated heterocycles. The molecule has 122 valence electrons. The molecule has 1 aliphatic carbocycles. The van der Waals surface area contributed by atoms with Gasteiger partial charge in [-0.3, -0.25) is 9.69 Å². The molecule has 1 heterocycles. The summed E-state index contributed by atoms with van der Waals surface area (Å²) < 4.78 is 5.33. The van der Waals surface area contributed by atoms with Crippen molar-refractivity contribution < 1.29 is 9.53 Å². The summed E-state index contributed by atoms with van der Waals surface area (Å²) in [4.78, 5) is 14.6. The maximum atomic E-state index is 12.2. The van der Waals surface area contributed by atoms with Gasteiger partial charge in [-0.25, -0.2) is 0 Å². The molecule has 1 N–H and O–H groups in total. The zero-order chi connectivity index (χ0) is 14.9. The van der Waals surface area contributed by atoms with Gasteiger partial charge in [-0.05, 0) is 31.6 Å². The van der Waals surface area contributed by atoms with E-state index in [1.807, 2.05) is 0 Å². The molecule has 0 atom stereocenters. The first kappa shape index (κ1) is 16.8. The number of nitrogens with one attached hydrogen (secondary N) is 1. The highest BCUT2D eigenvalue weighted by Crippen LogP contribution is 2.31. The minimum Gasteiger partial charge on any atom is -0.379 e. The lowest BCUT2D eigenvalue weighted by Crippen LogP contribution is -2.42. The Labute approximate surface area is 129 Å². The van der Waals surface area contributed by atoms with Crippen molar-refractivity contribution in [3.63, 3.8) is 0 Å². The summed E-state index contributed by atoms with van der Waals surface area (Å²) in [7, 11) is 0. The van der Waals surface area contributed by atoms with Crippen LogP contribution in [0.5, 0.6) is 0 Å². The summed E-state index contributed by atoms with van der Waals surface area (Å²) in [5.74, 6) is 1.44. The third-order valence-electron chi connectivity index (χ3n) is 5.01. The Bertz CT molecular complexity index is 295. The topological polar surface area (TPSA) is 41.6 Å². The summed E-state index contributed by atoms with van der Waals surface area (Å²) in [6.45, 7) is 7.66. The lowest BCUT2D eigenvalue weighted by Gasteiger charge is -2.29. The first-order valence-corrected chi connectivity index (χ1v) is 8.87. The van der Waals surface area contributed by atoms with Gasteiger partial charge in [0, 0.05) is 32.1 Å². The minimum atomic E-state index is 0.271. The summed E-state index contributed by atoms with van der Waals surface area (Å²) in [5.41, 5.74) is 0. The van der Waals surface area contributed by atoms with Crippen molar-refractivity contribution in [1.29, 1.82) is 0 Å². The molecule has 4 heteroatoms. The third kappa shape index (κ3) is 5.95. The molecular formula is C17H32N2O2. The zero-order valence-corrected chi connectivity index (χ0v) is 13.6. The van der Waals surface area contributed by atoms with Crippen molar-refractivity contribution in [2.75, 3.05) is 39.4 Å². The second-order valence-corrected chi connectivity index (χ2v) is 6.60. The molecule has 2 rings (SSSR count). The molecule has 2 fully saturated rings. The lowest BCUT2D eigenvalue weighted by molar-refractivity contribution is -0.126. The molecule has 0 unspecified atom stereocenters. The lowest BCUT2D eigenvalue weighted by atomic mass is 9.79. The number of hydrogen-bond donors (Lipinski definition) is 1. The van der Waals surface area contributed by atoms with Gasteiger partial charge in [0.1, 0.15) is 0 Å². The van der Waals surface area contributed by atoms with Crippen molar-refractivity contribution in [2.24, 2.45) is 11.8 Å². The van der Waals surface area contributed by atoms with Gasteiger partial charge in [0.2, 0.25) is 5.91 Å². The Hall–Kier alpha value is -0.610. The maximum absolute atomic E-state index is 12.2. The first-order valence-electron chi connectivity index (χ1n) is 8.87. The van der Waals surface area contributed by atoms with E-state index >= 15 is 0 Å². The fourth-order valence-electron chi connectivity index (χ4n) is 3.51. The van der Waals surface area contributed by atoms with Crippen LogP contribution < -0.4 is 5.32 Å². The van der Waals surface area contributed by atoms with E-state index in [2.05, 4.69) is 17.1 Å². The van der Waals surface area contributed by atoms with Gasteiger partial charge in [0.15, 0.2) is 0 Å². The van der Waals surface area contributed by atoms with Crippen molar-refractivity contribution in [1.82, 2.24) is 10.2 Å². The molecule has 0 radical (unpaired) electrons. The van der Waals surface area contributed by atoms with Gasteiger partial charge in [-0.15, -0.1) is 0 Å². The summed E-state index contributed by atoms with van der Waals surface area (Å²) in [5, 5.41) is 3.14. The van der Waals surface area contributed by atoms with E-state index in [1.54, 1.807) is 0 Å². The van der Waals surface area contributed by atoms with Crippen molar-refractivity contribution >= 4 is 5.91 Å². The standard InChI is InChI=1S/C17H32N2O2/c1-2-3-4-15-5-7-16(8-6-15)17(20)18-9-10-19-11-13-21-14-12-19/h15-16H,2-14H2,1H3,(H,18,20). The average molecular weight is 296 g/mol. The molecule has 0 aromatic heterocycles. The zero-order valence-electron chi connectivity index (χ0n) is 13.6. The highest BCUT2D eigenvalue weighted by Gasteiger charge is 2.25. The number of unbranched alkanes of at least 4 members (excludes halogenated alkanes) is 1. The average Bonchev–Trinajstić information content (AvgIpc) is 2.54. The van der Waals surface area contributed by atoms with Crippen LogP contribution in [0.2, 0.25) is 0 Å². The molecule has 0 bridgehead atoms. The fourth-order valence-corrected chi connectivity index (χ4v) is 3.51.